The van der Waals surface area contributed by atoms with E-state index >= 15 is 0 Å². The number of hydrogen-bond donors (Lipinski definition) is 1. The van der Waals surface area contributed by atoms with Crippen molar-refractivity contribution < 1.29 is 8.78 Å². The van der Waals surface area contributed by atoms with Gasteiger partial charge in [0, 0.05) is 11.7 Å². The molecule has 0 bridgehead atoms. The SMILES string of the molecule is CC(C)n1ncnc1CSc1c(F)cc(N)cc1F. The highest BCUT2D eigenvalue weighted by Crippen LogP contribution is 2.29. The van der Waals surface area contributed by atoms with Crippen LogP contribution in [-0.4, -0.2) is 14.8 Å². The van der Waals surface area contributed by atoms with Crippen LogP contribution in [0.4, 0.5) is 14.5 Å². The number of anilines is 1. The van der Waals surface area contributed by atoms with Gasteiger partial charge in [0.1, 0.15) is 23.8 Å². The second-order valence-electron chi connectivity index (χ2n) is 4.32. The van der Waals surface area contributed by atoms with Crippen LogP contribution < -0.4 is 5.73 Å². The van der Waals surface area contributed by atoms with Crippen LogP contribution in [0, 0.1) is 11.6 Å². The molecule has 1 aromatic heterocycles. The predicted octanol–water partition coefficient (Wildman–Crippen LogP) is 3.01. The Hall–Kier alpha value is -1.63. The largest absolute Gasteiger partial charge is 0.399 e. The van der Waals surface area contributed by atoms with Gasteiger partial charge in [0.2, 0.25) is 0 Å². The first-order valence-corrected chi connectivity index (χ1v) is 6.73. The lowest BCUT2D eigenvalue weighted by Gasteiger charge is -2.10. The number of nitrogens with two attached hydrogens (primary N) is 1. The standard InChI is InChI=1S/C12H14F2N4S/c1-7(2)18-11(16-6-17-18)5-19-12-9(13)3-8(15)4-10(12)14/h3-4,6-7H,5,15H2,1-2H3. The van der Waals surface area contributed by atoms with Gasteiger partial charge in [0.15, 0.2) is 0 Å². The minimum atomic E-state index is -0.655. The lowest BCUT2D eigenvalue weighted by atomic mass is 10.3. The molecule has 1 aromatic carbocycles. The molecule has 0 spiro atoms. The molecule has 1 heterocycles. The molecule has 0 unspecified atom stereocenters. The van der Waals surface area contributed by atoms with Crippen LogP contribution in [0.25, 0.3) is 0 Å². The molecule has 0 amide bonds. The third kappa shape index (κ3) is 3.04. The highest BCUT2D eigenvalue weighted by Gasteiger charge is 2.14. The second-order valence-corrected chi connectivity index (χ2v) is 5.30. The van der Waals surface area contributed by atoms with Crippen molar-refractivity contribution in [2.75, 3.05) is 5.73 Å². The zero-order chi connectivity index (χ0) is 14.0. The van der Waals surface area contributed by atoms with Crippen molar-refractivity contribution in [3.63, 3.8) is 0 Å². The van der Waals surface area contributed by atoms with Crippen LogP contribution in [0.1, 0.15) is 25.7 Å². The number of nitrogens with zero attached hydrogens (tertiary/aromatic N) is 3. The normalized spacial score (nSPS) is 11.2. The highest BCUT2D eigenvalue weighted by molar-refractivity contribution is 7.98. The molecule has 0 radical (unpaired) electrons. The fraction of sp³-hybridized carbons (Fsp3) is 0.333. The number of rotatable bonds is 4. The van der Waals surface area contributed by atoms with Gasteiger partial charge in [-0.05, 0) is 26.0 Å². The quantitative estimate of drug-likeness (QED) is 0.692. The van der Waals surface area contributed by atoms with Gasteiger partial charge in [0.25, 0.3) is 0 Å². The van der Waals surface area contributed by atoms with Crippen molar-refractivity contribution >= 4 is 17.4 Å². The third-order valence-electron chi connectivity index (χ3n) is 2.50. The Kier molecular flexibility index (Phi) is 4.04. The van der Waals surface area contributed by atoms with Crippen molar-refractivity contribution in [2.45, 2.75) is 30.5 Å². The van der Waals surface area contributed by atoms with Crippen LogP contribution in [-0.2, 0) is 5.75 Å². The van der Waals surface area contributed by atoms with Crippen LogP contribution >= 0.6 is 11.8 Å². The van der Waals surface area contributed by atoms with Gasteiger partial charge in [-0.3, -0.25) is 0 Å². The summed E-state index contributed by atoms with van der Waals surface area (Å²) in [6.45, 7) is 3.93. The van der Waals surface area contributed by atoms with Crippen LogP contribution in [0.2, 0.25) is 0 Å². The maximum Gasteiger partial charge on any atom is 0.141 e. The minimum absolute atomic E-state index is 0.0486. The van der Waals surface area contributed by atoms with Gasteiger partial charge in [-0.2, -0.15) is 5.10 Å². The molecule has 102 valence electrons. The summed E-state index contributed by atoms with van der Waals surface area (Å²) in [4.78, 5) is 4.04. The maximum absolute atomic E-state index is 13.6. The number of aromatic nitrogens is 3. The monoisotopic (exact) mass is 284 g/mol. The molecule has 2 rings (SSSR count). The number of halogens is 2. The molecule has 0 saturated carbocycles. The average molecular weight is 284 g/mol. The van der Waals surface area contributed by atoms with Crippen LogP contribution in [0.3, 0.4) is 0 Å². The van der Waals surface area contributed by atoms with E-state index in [1.54, 1.807) is 4.68 Å². The lowest BCUT2D eigenvalue weighted by Crippen LogP contribution is -2.07. The maximum atomic E-state index is 13.6. The molecular weight excluding hydrogens is 270 g/mol. The van der Waals surface area contributed by atoms with E-state index in [0.29, 0.717) is 11.6 Å². The molecule has 0 aliphatic heterocycles. The van der Waals surface area contributed by atoms with E-state index in [1.807, 2.05) is 13.8 Å². The van der Waals surface area contributed by atoms with Gasteiger partial charge in [0.05, 0.1) is 10.6 Å². The molecule has 4 nitrogen and oxygen atoms in total. The van der Waals surface area contributed by atoms with E-state index in [-0.39, 0.29) is 16.6 Å². The van der Waals surface area contributed by atoms with Crippen molar-refractivity contribution in [2.24, 2.45) is 0 Å². The zero-order valence-corrected chi connectivity index (χ0v) is 11.4. The minimum Gasteiger partial charge on any atom is -0.399 e. The van der Waals surface area contributed by atoms with Crippen LogP contribution in [0.5, 0.6) is 0 Å². The number of hydrogen-bond acceptors (Lipinski definition) is 4. The fourth-order valence-corrected chi connectivity index (χ4v) is 2.54. The van der Waals surface area contributed by atoms with E-state index in [0.717, 1.165) is 23.9 Å². The molecular formula is C12H14F2N4S. The van der Waals surface area contributed by atoms with Gasteiger partial charge in [-0.1, -0.05) is 0 Å². The van der Waals surface area contributed by atoms with Crippen molar-refractivity contribution in [1.82, 2.24) is 14.8 Å². The molecule has 19 heavy (non-hydrogen) atoms. The Balaban J connectivity index is 2.17. The molecule has 0 saturated heterocycles. The fourth-order valence-electron chi connectivity index (χ4n) is 1.66. The Morgan fingerprint density at radius 2 is 1.95 bits per heavy atom. The first-order valence-electron chi connectivity index (χ1n) is 5.74. The summed E-state index contributed by atoms with van der Waals surface area (Å²) in [6, 6.07) is 2.37. The number of thioether (sulfide) groups is 1. The Morgan fingerprint density at radius 1 is 1.32 bits per heavy atom. The summed E-state index contributed by atoms with van der Waals surface area (Å²) in [5, 5.41) is 4.07. The smallest absolute Gasteiger partial charge is 0.141 e. The third-order valence-corrected chi connectivity index (χ3v) is 3.58. The van der Waals surface area contributed by atoms with Gasteiger partial charge in [-0.15, -0.1) is 11.8 Å². The van der Waals surface area contributed by atoms with E-state index in [2.05, 4.69) is 10.1 Å². The summed E-state index contributed by atoms with van der Waals surface area (Å²) in [5.74, 6) is -0.289. The molecule has 7 heteroatoms. The van der Waals surface area contributed by atoms with Gasteiger partial charge < -0.3 is 5.73 Å². The Bertz CT molecular complexity index is 560. The molecule has 2 aromatic rings. The van der Waals surface area contributed by atoms with Crippen molar-refractivity contribution in [3.05, 3.63) is 35.9 Å². The summed E-state index contributed by atoms with van der Waals surface area (Å²) in [5.41, 5.74) is 5.44. The summed E-state index contributed by atoms with van der Waals surface area (Å²) >= 11 is 1.04. The van der Waals surface area contributed by atoms with Gasteiger partial charge >= 0.3 is 0 Å². The summed E-state index contributed by atoms with van der Waals surface area (Å²) in [7, 11) is 0. The van der Waals surface area contributed by atoms with Crippen molar-refractivity contribution in [1.29, 1.82) is 0 Å². The molecule has 0 aliphatic carbocycles. The topological polar surface area (TPSA) is 56.7 Å². The van der Waals surface area contributed by atoms with E-state index in [1.165, 1.54) is 6.33 Å². The number of benzene rings is 1. The molecule has 0 fully saturated rings. The second kappa shape index (κ2) is 5.56. The molecule has 0 atom stereocenters. The predicted molar refractivity (Wildman–Crippen MR) is 70.7 cm³/mol. The molecule has 0 aliphatic rings. The number of nitrogen functional groups attached to an aromatic ring is 1. The van der Waals surface area contributed by atoms with E-state index < -0.39 is 11.6 Å². The Labute approximate surface area is 114 Å². The first-order chi connectivity index (χ1) is 8.99. The summed E-state index contributed by atoms with van der Waals surface area (Å²) in [6.07, 6.45) is 1.44. The van der Waals surface area contributed by atoms with Crippen LogP contribution in [0.15, 0.2) is 23.4 Å². The zero-order valence-electron chi connectivity index (χ0n) is 10.6. The molecule has 2 N–H and O–H groups in total. The lowest BCUT2D eigenvalue weighted by molar-refractivity contribution is 0.514. The van der Waals surface area contributed by atoms with E-state index in [9.17, 15) is 8.78 Å². The highest BCUT2D eigenvalue weighted by atomic mass is 32.2. The van der Waals surface area contributed by atoms with Crippen molar-refractivity contribution in [3.8, 4) is 0 Å². The average Bonchev–Trinajstić information content (AvgIpc) is 2.75. The van der Waals surface area contributed by atoms with Gasteiger partial charge in [-0.25, -0.2) is 18.4 Å². The first kappa shape index (κ1) is 13.8. The van der Waals surface area contributed by atoms with E-state index in [4.69, 9.17) is 5.73 Å². The Morgan fingerprint density at radius 3 is 2.53 bits per heavy atom. The summed E-state index contributed by atoms with van der Waals surface area (Å²) < 4.78 is 29.0.